The summed E-state index contributed by atoms with van der Waals surface area (Å²) in [6.45, 7) is 2.32. The highest BCUT2D eigenvalue weighted by Gasteiger charge is 2.25. The smallest absolute Gasteiger partial charge is 0.0547 e. The largest absolute Gasteiger partial charge is 0.309 e. The Morgan fingerprint density at radius 2 is 1.24 bits per heavy atom. The molecule has 8 rings (SSSR count). The normalized spacial score (nSPS) is 14.9. The standard InChI is InChI=1S/C36H27N/c1-2-23-17-28-21-36-34(22-32(28)31-14-8-7-13-30(23)31)33-19-26-11-5-6-12-27(26)20-35(33)37(36)29-16-15-24-9-3-4-10-25(24)18-29/h3-16,18-23H,2,17H2,1H3. The van der Waals surface area contributed by atoms with Gasteiger partial charge < -0.3 is 4.57 Å². The van der Waals surface area contributed by atoms with Gasteiger partial charge in [-0.3, -0.25) is 0 Å². The number of hydrogen-bond donors (Lipinski definition) is 0. The molecule has 7 aromatic rings. The van der Waals surface area contributed by atoms with Crippen LogP contribution in [0.1, 0.15) is 30.4 Å². The minimum atomic E-state index is 0.572. The van der Waals surface area contributed by atoms with E-state index in [9.17, 15) is 0 Å². The fourth-order valence-corrected chi connectivity index (χ4v) is 6.64. The highest BCUT2D eigenvalue weighted by molar-refractivity contribution is 6.15. The lowest BCUT2D eigenvalue weighted by molar-refractivity contribution is 0.654. The fourth-order valence-electron chi connectivity index (χ4n) is 6.64. The topological polar surface area (TPSA) is 4.93 Å². The average Bonchev–Trinajstić information content (AvgIpc) is 3.26. The van der Waals surface area contributed by atoms with E-state index < -0.39 is 0 Å². The van der Waals surface area contributed by atoms with Crippen molar-refractivity contribution in [3.05, 3.63) is 126 Å². The molecule has 1 aromatic heterocycles. The van der Waals surface area contributed by atoms with Gasteiger partial charge in [-0.15, -0.1) is 0 Å². The second-order valence-electron chi connectivity index (χ2n) is 10.5. The van der Waals surface area contributed by atoms with Crippen molar-refractivity contribution >= 4 is 43.4 Å². The number of nitrogens with zero attached hydrogens (tertiary/aromatic N) is 1. The van der Waals surface area contributed by atoms with Gasteiger partial charge in [-0.2, -0.15) is 0 Å². The van der Waals surface area contributed by atoms with Crippen LogP contribution in [0.25, 0.3) is 60.2 Å². The van der Waals surface area contributed by atoms with Gasteiger partial charge in [0, 0.05) is 16.5 Å². The number of fused-ring (bicyclic) bond motifs is 8. The number of aromatic nitrogens is 1. The van der Waals surface area contributed by atoms with Crippen molar-refractivity contribution < 1.29 is 0 Å². The fraction of sp³-hybridized carbons (Fsp3) is 0.111. The SMILES string of the molecule is CCC1Cc2cc3c(cc2-c2ccccc21)c1cc2ccccc2cc1n3-c1ccc2ccccc2c1. The number of hydrogen-bond acceptors (Lipinski definition) is 0. The minimum absolute atomic E-state index is 0.572. The van der Waals surface area contributed by atoms with E-state index >= 15 is 0 Å². The predicted molar refractivity (Wildman–Crippen MR) is 158 cm³/mol. The molecule has 1 nitrogen and oxygen atoms in total. The molecule has 0 radical (unpaired) electrons. The van der Waals surface area contributed by atoms with Gasteiger partial charge in [0.15, 0.2) is 0 Å². The lowest BCUT2D eigenvalue weighted by atomic mass is 9.77. The van der Waals surface area contributed by atoms with Gasteiger partial charge >= 0.3 is 0 Å². The quantitative estimate of drug-likeness (QED) is 0.235. The minimum Gasteiger partial charge on any atom is -0.309 e. The van der Waals surface area contributed by atoms with Crippen LogP contribution in [0.3, 0.4) is 0 Å². The Labute approximate surface area is 216 Å². The molecule has 176 valence electrons. The maximum Gasteiger partial charge on any atom is 0.0547 e. The first kappa shape index (κ1) is 20.8. The van der Waals surface area contributed by atoms with Crippen LogP contribution in [-0.2, 0) is 6.42 Å². The molecule has 1 aliphatic rings. The summed E-state index contributed by atoms with van der Waals surface area (Å²) < 4.78 is 2.49. The van der Waals surface area contributed by atoms with Gasteiger partial charge in [-0.25, -0.2) is 0 Å². The zero-order chi connectivity index (χ0) is 24.5. The Morgan fingerprint density at radius 3 is 2.05 bits per heavy atom. The highest BCUT2D eigenvalue weighted by atomic mass is 15.0. The molecule has 0 fully saturated rings. The monoisotopic (exact) mass is 473 g/mol. The van der Waals surface area contributed by atoms with Crippen LogP contribution in [0.15, 0.2) is 115 Å². The van der Waals surface area contributed by atoms with E-state index in [4.69, 9.17) is 0 Å². The molecule has 1 atom stereocenters. The van der Waals surface area contributed by atoms with Crippen LogP contribution in [0.4, 0.5) is 0 Å². The van der Waals surface area contributed by atoms with E-state index in [-0.39, 0.29) is 0 Å². The lowest BCUT2D eigenvalue weighted by Gasteiger charge is -2.27. The van der Waals surface area contributed by atoms with Crippen LogP contribution in [0.2, 0.25) is 0 Å². The first-order chi connectivity index (χ1) is 18.3. The van der Waals surface area contributed by atoms with Crippen molar-refractivity contribution in [2.45, 2.75) is 25.7 Å². The summed E-state index contributed by atoms with van der Waals surface area (Å²) in [6.07, 6.45) is 2.26. The third-order valence-corrected chi connectivity index (χ3v) is 8.50. The van der Waals surface area contributed by atoms with Gasteiger partial charge in [0.2, 0.25) is 0 Å². The highest BCUT2D eigenvalue weighted by Crippen LogP contribution is 2.45. The zero-order valence-electron chi connectivity index (χ0n) is 20.9. The Bertz CT molecular complexity index is 2010. The van der Waals surface area contributed by atoms with Crippen molar-refractivity contribution in [2.24, 2.45) is 0 Å². The summed E-state index contributed by atoms with van der Waals surface area (Å²) in [5, 5.41) is 7.76. The van der Waals surface area contributed by atoms with Crippen molar-refractivity contribution in [3.8, 4) is 16.8 Å². The molecule has 0 bridgehead atoms. The Balaban J connectivity index is 1.51. The molecule has 1 aliphatic carbocycles. The molecule has 0 spiro atoms. The molecular formula is C36H27N. The maximum atomic E-state index is 2.49. The van der Waals surface area contributed by atoms with Gasteiger partial charge in [0.25, 0.3) is 0 Å². The second-order valence-corrected chi connectivity index (χ2v) is 10.5. The van der Waals surface area contributed by atoms with E-state index in [1.165, 1.54) is 71.3 Å². The van der Waals surface area contributed by atoms with E-state index in [2.05, 4.69) is 127 Å². The molecule has 0 N–H and O–H groups in total. The molecule has 0 saturated heterocycles. The molecule has 6 aromatic carbocycles. The molecule has 1 unspecified atom stereocenters. The van der Waals surface area contributed by atoms with E-state index in [0.717, 1.165) is 12.8 Å². The third-order valence-electron chi connectivity index (χ3n) is 8.50. The van der Waals surface area contributed by atoms with Crippen molar-refractivity contribution in [1.29, 1.82) is 0 Å². The summed E-state index contributed by atoms with van der Waals surface area (Å²) in [6, 6.07) is 43.0. The van der Waals surface area contributed by atoms with Crippen LogP contribution >= 0.6 is 0 Å². The van der Waals surface area contributed by atoms with E-state index in [1.807, 2.05) is 0 Å². The Hall–Kier alpha value is -4.36. The van der Waals surface area contributed by atoms with Gasteiger partial charge in [-0.1, -0.05) is 85.8 Å². The Morgan fingerprint density at radius 1 is 0.595 bits per heavy atom. The summed E-state index contributed by atoms with van der Waals surface area (Å²) in [5.41, 5.74) is 9.56. The Kier molecular flexibility index (Phi) is 4.39. The van der Waals surface area contributed by atoms with Crippen LogP contribution in [0.5, 0.6) is 0 Å². The van der Waals surface area contributed by atoms with Crippen molar-refractivity contribution in [2.75, 3.05) is 0 Å². The lowest BCUT2D eigenvalue weighted by Crippen LogP contribution is -2.10. The first-order valence-corrected chi connectivity index (χ1v) is 13.4. The zero-order valence-corrected chi connectivity index (χ0v) is 20.9. The molecule has 0 amide bonds. The number of benzene rings is 6. The van der Waals surface area contributed by atoms with Crippen molar-refractivity contribution in [3.63, 3.8) is 0 Å². The summed E-state index contributed by atoms with van der Waals surface area (Å²) in [7, 11) is 0. The third kappa shape index (κ3) is 3.04. The van der Waals surface area contributed by atoms with E-state index in [1.54, 1.807) is 0 Å². The molecule has 1 heteroatoms. The van der Waals surface area contributed by atoms with Crippen molar-refractivity contribution in [1.82, 2.24) is 4.57 Å². The molecule has 0 saturated carbocycles. The first-order valence-electron chi connectivity index (χ1n) is 13.4. The van der Waals surface area contributed by atoms with Crippen LogP contribution < -0.4 is 0 Å². The van der Waals surface area contributed by atoms with Gasteiger partial charge in [0.1, 0.15) is 0 Å². The molecule has 1 heterocycles. The molecule has 37 heavy (non-hydrogen) atoms. The summed E-state index contributed by atoms with van der Waals surface area (Å²) in [5.74, 6) is 0.572. The summed E-state index contributed by atoms with van der Waals surface area (Å²) >= 11 is 0. The molecule has 0 aliphatic heterocycles. The average molecular weight is 474 g/mol. The van der Waals surface area contributed by atoms with Crippen LogP contribution in [-0.4, -0.2) is 4.57 Å². The second kappa shape index (κ2) is 7.82. The van der Waals surface area contributed by atoms with E-state index in [0.29, 0.717) is 5.92 Å². The van der Waals surface area contributed by atoms with Gasteiger partial charge in [-0.05, 0) is 99.0 Å². The molecular weight excluding hydrogens is 446 g/mol. The van der Waals surface area contributed by atoms with Crippen LogP contribution in [0, 0.1) is 0 Å². The maximum absolute atomic E-state index is 2.49. The number of rotatable bonds is 2. The summed E-state index contributed by atoms with van der Waals surface area (Å²) in [4.78, 5) is 0. The predicted octanol–water partition coefficient (Wildman–Crippen LogP) is 9.81. The van der Waals surface area contributed by atoms with Gasteiger partial charge in [0.05, 0.1) is 11.0 Å².